The summed E-state index contributed by atoms with van der Waals surface area (Å²) in [6, 6.07) is 14.2. The molecule has 0 radical (unpaired) electrons. The Hall–Kier alpha value is -4.93. The number of amides is 3. The second-order valence-electron chi connectivity index (χ2n) is 13.0. The van der Waals surface area contributed by atoms with E-state index >= 15 is 0 Å². The number of phenols is 1. The number of hydrogen-bond acceptors (Lipinski definition) is 8. The molecule has 1 aliphatic carbocycles. The van der Waals surface area contributed by atoms with E-state index in [4.69, 9.17) is 9.47 Å². The third-order valence-corrected chi connectivity index (χ3v) is 8.09. The van der Waals surface area contributed by atoms with E-state index in [2.05, 4.69) is 15.6 Å². The standard InChI is InChI=1S/C37H46N4O7/c1-24-18-19-38-32(21-24)41(36(46)48-37(2,3)4)20-8-11-33(43)39-23-34(44)40-30(22-35(45)47-5)26-14-12-25(13-15-26)27-16-17-31(42)29-10-7-6-9-28(27)29/h12-19,21,30,42H,6-11,20,22-23H2,1-5H3,(H,39,43)(H,40,44)/t30-/m0/s1. The Kier molecular flexibility index (Phi) is 12.2. The van der Waals surface area contributed by atoms with Crippen molar-refractivity contribution in [3.05, 3.63) is 77.0 Å². The van der Waals surface area contributed by atoms with Crippen LogP contribution in [0.4, 0.5) is 10.6 Å². The van der Waals surface area contributed by atoms with E-state index in [1.165, 1.54) is 12.0 Å². The van der Waals surface area contributed by atoms with E-state index in [1.54, 1.807) is 39.1 Å². The number of fused-ring (bicyclic) bond motifs is 1. The number of hydrogen-bond donors (Lipinski definition) is 3. The van der Waals surface area contributed by atoms with Gasteiger partial charge in [0.05, 0.1) is 26.1 Å². The Morgan fingerprint density at radius 1 is 0.979 bits per heavy atom. The molecule has 0 saturated heterocycles. The molecule has 0 aliphatic heterocycles. The molecule has 1 atom stereocenters. The minimum Gasteiger partial charge on any atom is -0.508 e. The van der Waals surface area contributed by atoms with E-state index in [-0.39, 0.29) is 31.8 Å². The zero-order chi connectivity index (χ0) is 34.8. The summed E-state index contributed by atoms with van der Waals surface area (Å²) in [5.74, 6) is -0.555. The monoisotopic (exact) mass is 658 g/mol. The number of phenolic OH excluding ortho intramolecular Hbond substituents is 1. The lowest BCUT2D eigenvalue weighted by Gasteiger charge is -2.27. The molecular formula is C37H46N4O7. The number of aryl methyl sites for hydroxylation is 1. The van der Waals surface area contributed by atoms with Gasteiger partial charge in [0.25, 0.3) is 0 Å². The molecule has 3 N–H and O–H groups in total. The van der Waals surface area contributed by atoms with Gasteiger partial charge in [-0.3, -0.25) is 19.3 Å². The van der Waals surface area contributed by atoms with Crippen LogP contribution in [0.1, 0.15) is 81.2 Å². The first-order valence-corrected chi connectivity index (χ1v) is 16.3. The lowest BCUT2D eigenvalue weighted by molar-refractivity contribution is -0.141. The highest BCUT2D eigenvalue weighted by Gasteiger charge is 2.25. The lowest BCUT2D eigenvalue weighted by Crippen LogP contribution is -2.40. The van der Waals surface area contributed by atoms with Crippen molar-refractivity contribution in [3.63, 3.8) is 0 Å². The van der Waals surface area contributed by atoms with Crippen LogP contribution in [0.15, 0.2) is 54.7 Å². The van der Waals surface area contributed by atoms with Gasteiger partial charge in [-0.2, -0.15) is 0 Å². The highest BCUT2D eigenvalue weighted by atomic mass is 16.6. The number of aromatic hydroxyl groups is 1. The van der Waals surface area contributed by atoms with Gasteiger partial charge in [-0.25, -0.2) is 9.78 Å². The van der Waals surface area contributed by atoms with Crippen LogP contribution in [0, 0.1) is 6.92 Å². The molecule has 3 amide bonds. The minimum absolute atomic E-state index is 0.0619. The molecule has 11 heteroatoms. The van der Waals surface area contributed by atoms with Gasteiger partial charge in [-0.1, -0.05) is 30.3 Å². The van der Waals surface area contributed by atoms with Gasteiger partial charge in [-0.05, 0) is 111 Å². The molecule has 1 aromatic heterocycles. The number of nitrogens with zero attached hydrogens (tertiary/aromatic N) is 2. The average Bonchev–Trinajstić information content (AvgIpc) is 3.05. The van der Waals surface area contributed by atoms with Crippen LogP contribution in [-0.2, 0) is 36.7 Å². The van der Waals surface area contributed by atoms with Crippen LogP contribution in [-0.4, -0.2) is 59.8 Å². The van der Waals surface area contributed by atoms with Crippen molar-refractivity contribution in [3.8, 4) is 16.9 Å². The first kappa shape index (κ1) is 35.9. The van der Waals surface area contributed by atoms with Gasteiger partial charge in [0.2, 0.25) is 11.8 Å². The first-order chi connectivity index (χ1) is 22.8. The fourth-order valence-electron chi connectivity index (χ4n) is 5.71. The molecule has 0 unspecified atom stereocenters. The number of anilines is 1. The largest absolute Gasteiger partial charge is 0.508 e. The van der Waals surface area contributed by atoms with E-state index in [1.807, 2.05) is 43.3 Å². The van der Waals surface area contributed by atoms with Gasteiger partial charge < -0.3 is 25.2 Å². The zero-order valence-corrected chi connectivity index (χ0v) is 28.4. The average molecular weight is 659 g/mol. The van der Waals surface area contributed by atoms with Crippen molar-refractivity contribution in [2.45, 2.75) is 84.3 Å². The molecular weight excluding hydrogens is 612 g/mol. The molecule has 256 valence electrons. The summed E-state index contributed by atoms with van der Waals surface area (Å²) in [6.45, 7) is 7.13. The van der Waals surface area contributed by atoms with Crippen LogP contribution in [0.25, 0.3) is 11.1 Å². The van der Waals surface area contributed by atoms with Crippen molar-refractivity contribution in [2.75, 3.05) is 25.1 Å². The van der Waals surface area contributed by atoms with Crippen molar-refractivity contribution < 1.29 is 33.8 Å². The van der Waals surface area contributed by atoms with Crippen LogP contribution in [0.5, 0.6) is 5.75 Å². The quantitative estimate of drug-likeness (QED) is 0.210. The summed E-state index contributed by atoms with van der Waals surface area (Å²) in [5, 5.41) is 15.8. The topological polar surface area (TPSA) is 147 Å². The Bertz CT molecular complexity index is 1610. The molecule has 0 saturated carbocycles. The Morgan fingerprint density at radius 3 is 2.35 bits per heavy atom. The fraction of sp³-hybridized carbons (Fsp3) is 0.432. The molecule has 0 bridgehead atoms. The number of carbonyl (C=O) groups excluding carboxylic acids is 4. The Balaban J connectivity index is 1.34. The maximum atomic E-state index is 12.9. The summed E-state index contributed by atoms with van der Waals surface area (Å²) < 4.78 is 10.4. The minimum atomic E-state index is -0.704. The molecule has 0 spiro atoms. The fourth-order valence-corrected chi connectivity index (χ4v) is 5.71. The number of esters is 1. The number of rotatable bonds is 12. The first-order valence-electron chi connectivity index (χ1n) is 16.3. The predicted octanol–water partition coefficient (Wildman–Crippen LogP) is 5.70. The number of nitrogens with one attached hydrogen (secondary N) is 2. The molecule has 2 aromatic carbocycles. The second kappa shape index (κ2) is 16.3. The number of methoxy groups -OCH3 is 1. The number of pyridine rings is 1. The number of ether oxygens (including phenoxy) is 2. The maximum absolute atomic E-state index is 12.9. The molecule has 1 heterocycles. The van der Waals surface area contributed by atoms with Crippen LogP contribution >= 0.6 is 0 Å². The summed E-state index contributed by atoms with van der Waals surface area (Å²) in [7, 11) is 1.29. The smallest absolute Gasteiger partial charge is 0.416 e. The summed E-state index contributed by atoms with van der Waals surface area (Å²) >= 11 is 0. The van der Waals surface area contributed by atoms with Gasteiger partial charge >= 0.3 is 12.1 Å². The summed E-state index contributed by atoms with van der Waals surface area (Å²) in [6.07, 6.45) is 5.21. The maximum Gasteiger partial charge on any atom is 0.416 e. The van der Waals surface area contributed by atoms with Crippen molar-refractivity contribution in [2.24, 2.45) is 0 Å². The van der Waals surface area contributed by atoms with E-state index in [9.17, 15) is 24.3 Å². The van der Waals surface area contributed by atoms with E-state index in [0.29, 0.717) is 23.6 Å². The van der Waals surface area contributed by atoms with Gasteiger partial charge in [0.15, 0.2) is 0 Å². The van der Waals surface area contributed by atoms with Crippen LogP contribution < -0.4 is 15.5 Å². The van der Waals surface area contributed by atoms with Gasteiger partial charge in [-0.15, -0.1) is 0 Å². The molecule has 1 aliphatic rings. The second-order valence-corrected chi connectivity index (χ2v) is 13.0. The van der Waals surface area contributed by atoms with Crippen molar-refractivity contribution in [1.82, 2.24) is 15.6 Å². The predicted molar refractivity (Wildman–Crippen MR) is 182 cm³/mol. The Labute approximate surface area is 282 Å². The van der Waals surface area contributed by atoms with Crippen molar-refractivity contribution >= 4 is 29.7 Å². The molecule has 0 fully saturated rings. The van der Waals surface area contributed by atoms with Gasteiger partial charge in [0.1, 0.15) is 17.2 Å². The summed E-state index contributed by atoms with van der Waals surface area (Å²) in [4.78, 5) is 56.4. The Morgan fingerprint density at radius 2 is 1.69 bits per heavy atom. The highest BCUT2D eigenvalue weighted by Crippen LogP contribution is 2.37. The summed E-state index contributed by atoms with van der Waals surface area (Å²) in [5.41, 5.74) is 5.14. The lowest BCUT2D eigenvalue weighted by atomic mass is 9.85. The van der Waals surface area contributed by atoms with E-state index < -0.39 is 29.6 Å². The van der Waals surface area contributed by atoms with Crippen molar-refractivity contribution in [1.29, 1.82) is 0 Å². The molecule has 3 aromatic rings. The molecule has 4 rings (SSSR count). The van der Waals surface area contributed by atoms with E-state index in [0.717, 1.165) is 53.5 Å². The van der Waals surface area contributed by atoms with Crippen LogP contribution in [0.2, 0.25) is 0 Å². The molecule has 48 heavy (non-hydrogen) atoms. The number of carbonyl (C=O) groups is 4. The normalized spacial score (nSPS) is 13.1. The van der Waals surface area contributed by atoms with Crippen LogP contribution in [0.3, 0.4) is 0 Å². The number of aromatic nitrogens is 1. The number of benzene rings is 2. The third-order valence-electron chi connectivity index (χ3n) is 8.09. The van der Waals surface area contributed by atoms with Gasteiger partial charge in [0, 0.05) is 19.2 Å². The highest BCUT2D eigenvalue weighted by molar-refractivity contribution is 5.87. The zero-order valence-electron chi connectivity index (χ0n) is 28.4. The third kappa shape index (κ3) is 10.0. The molecule has 11 nitrogen and oxygen atoms in total. The SMILES string of the molecule is COC(=O)C[C@H](NC(=O)CNC(=O)CCCN(C(=O)OC(C)(C)C)c1cc(C)ccn1)c1ccc(-c2ccc(O)c3c2CCCC3)cc1.